The van der Waals surface area contributed by atoms with Crippen molar-refractivity contribution in [3.8, 4) is 17.2 Å². The Morgan fingerprint density at radius 3 is 2.70 bits per heavy atom. The molecule has 0 aliphatic carbocycles. The van der Waals surface area contributed by atoms with Gasteiger partial charge in [0.2, 0.25) is 6.79 Å². The first kappa shape index (κ1) is 19.8. The average Bonchev–Trinajstić information content (AvgIpc) is 3.33. The molecule has 2 heterocycles. The number of rotatable bonds is 4. The Bertz CT molecular complexity index is 1110. The van der Waals surface area contributed by atoms with Gasteiger partial charge in [-0.25, -0.2) is 4.68 Å². The zero-order valence-corrected chi connectivity index (χ0v) is 16.2. The van der Waals surface area contributed by atoms with Gasteiger partial charge in [0.05, 0.1) is 23.5 Å². The second kappa shape index (κ2) is 7.40. The molecule has 4 rings (SSSR count). The van der Waals surface area contributed by atoms with Crippen molar-refractivity contribution in [2.24, 2.45) is 0 Å². The van der Waals surface area contributed by atoms with Gasteiger partial charge in [0, 0.05) is 16.8 Å². The van der Waals surface area contributed by atoms with Crippen LogP contribution in [0.15, 0.2) is 48.7 Å². The molecule has 2 aromatic carbocycles. The number of carbonyl (C=O) groups excluding carboxylic acids is 1. The van der Waals surface area contributed by atoms with Gasteiger partial charge in [0.25, 0.3) is 5.91 Å². The smallest absolute Gasteiger partial charge is 0.416 e. The Balaban J connectivity index is 1.54. The van der Waals surface area contributed by atoms with E-state index >= 15 is 0 Å². The summed E-state index contributed by atoms with van der Waals surface area (Å²) in [5.74, 6) is 0.772. The number of ether oxygens (including phenoxy) is 2. The highest BCUT2D eigenvalue weighted by atomic mass is 19.4. The maximum atomic E-state index is 13.0. The van der Waals surface area contributed by atoms with E-state index in [0.29, 0.717) is 34.0 Å². The molecule has 9 heteroatoms. The Morgan fingerprint density at radius 2 is 1.93 bits per heavy atom. The number of fused-ring (bicyclic) bond motifs is 1. The van der Waals surface area contributed by atoms with Gasteiger partial charge in [-0.15, -0.1) is 0 Å². The third-order valence-corrected chi connectivity index (χ3v) is 4.91. The third-order valence-electron chi connectivity index (χ3n) is 4.91. The summed E-state index contributed by atoms with van der Waals surface area (Å²) in [6.45, 7) is 3.64. The van der Waals surface area contributed by atoms with E-state index in [1.807, 2.05) is 0 Å². The molecule has 1 aliphatic heterocycles. The zero-order valence-electron chi connectivity index (χ0n) is 16.2. The van der Waals surface area contributed by atoms with E-state index < -0.39 is 17.8 Å². The second-order valence-electron chi connectivity index (χ2n) is 6.91. The number of carbonyl (C=O) groups is 1. The Kier molecular flexibility index (Phi) is 4.89. The molecule has 30 heavy (non-hydrogen) atoms. The number of nitrogens with one attached hydrogen (secondary N) is 1. The Hall–Kier alpha value is -3.49. The summed E-state index contributed by atoms with van der Waals surface area (Å²) >= 11 is 0. The lowest BCUT2D eigenvalue weighted by molar-refractivity contribution is -0.137. The SMILES string of the molecule is Cc1c([C@@H](C)NC(=O)c2ccc3c(c2)OCO3)cnn1-c1cccc(C(F)(F)F)c1. The lowest BCUT2D eigenvalue weighted by Gasteiger charge is -2.15. The van der Waals surface area contributed by atoms with Gasteiger partial charge in [0.1, 0.15) is 0 Å². The highest BCUT2D eigenvalue weighted by Gasteiger charge is 2.30. The van der Waals surface area contributed by atoms with Crippen molar-refractivity contribution in [2.75, 3.05) is 6.79 Å². The molecule has 6 nitrogen and oxygen atoms in total. The monoisotopic (exact) mass is 417 g/mol. The van der Waals surface area contributed by atoms with Crippen LogP contribution in [-0.4, -0.2) is 22.5 Å². The number of nitrogens with zero attached hydrogens (tertiary/aromatic N) is 2. The number of hydrogen-bond acceptors (Lipinski definition) is 4. The van der Waals surface area contributed by atoms with Gasteiger partial charge in [-0.2, -0.15) is 18.3 Å². The minimum Gasteiger partial charge on any atom is -0.454 e. The molecule has 1 atom stereocenters. The standard InChI is InChI=1S/C21H18F3N3O3/c1-12(26-20(28)14-6-7-18-19(8-14)30-11-29-18)17-10-25-27(13(17)2)16-5-3-4-15(9-16)21(22,23)24/h3-10,12H,11H2,1-2H3,(H,26,28)/t12-/m1/s1. The maximum absolute atomic E-state index is 13.0. The summed E-state index contributed by atoms with van der Waals surface area (Å²) in [4.78, 5) is 12.6. The van der Waals surface area contributed by atoms with Crippen LogP contribution in [0.25, 0.3) is 5.69 Å². The van der Waals surface area contributed by atoms with Crippen molar-refractivity contribution in [3.05, 3.63) is 71.0 Å². The van der Waals surface area contributed by atoms with E-state index in [2.05, 4.69) is 10.4 Å². The fourth-order valence-corrected chi connectivity index (χ4v) is 3.32. The summed E-state index contributed by atoms with van der Waals surface area (Å²) in [6, 6.07) is 9.43. The van der Waals surface area contributed by atoms with Gasteiger partial charge in [-0.1, -0.05) is 6.07 Å². The summed E-state index contributed by atoms with van der Waals surface area (Å²) < 4.78 is 51.0. The summed E-state index contributed by atoms with van der Waals surface area (Å²) in [6.07, 6.45) is -2.90. The fraction of sp³-hybridized carbons (Fsp3) is 0.238. The molecule has 3 aromatic rings. The number of hydrogen-bond donors (Lipinski definition) is 1. The van der Waals surface area contributed by atoms with Crippen LogP contribution in [0.1, 0.15) is 40.1 Å². The third kappa shape index (κ3) is 3.70. The van der Waals surface area contributed by atoms with Crippen LogP contribution in [0.2, 0.25) is 0 Å². The fourth-order valence-electron chi connectivity index (χ4n) is 3.32. The van der Waals surface area contributed by atoms with Crippen LogP contribution in [0.3, 0.4) is 0 Å². The molecule has 0 saturated heterocycles. The van der Waals surface area contributed by atoms with Crippen molar-refractivity contribution in [3.63, 3.8) is 0 Å². The summed E-state index contributed by atoms with van der Waals surface area (Å²) in [7, 11) is 0. The van der Waals surface area contributed by atoms with Gasteiger partial charge in [0.15, 0.2) is 11.5 Å². The molecule has 156 valence electrons. The van der Waals surface area contributed by atoms with Crippen LogP contribution in [0, 0.1) is 6.92 Å². The predicted molar refractivity (Wildman–Crippen MR) is 102 cm³/mol. The average molecular weight is 417 g/mol. The number of halogens is 3. The first-order valence-electron chi connectivity index (χ1n) is 9.16. The predicted octanol–water partition coefficient (Wildman–Crippen LogP) is 4.42. The first-order chi connectivity index (χ1) is 14.2. The minimum absolute atomic E-state index is 0.116. The maximum Gasteiger partial charge on any atom is 0.416 e. The van der Waals surface area contributed by atoms with Crippen LogP contribution in [0.4, 0.5) is 13.2 Å². The zero-order chi connectivity index (χ0) is 21.5. The van der Waals surface area contributed by atoms with Gasteiger partial charge in [-0.05, 0) is 50.2 Å². The largest absolute Gasteiger partial charge is 0.454 e. The molecule has 1 N–H and O–H groups in total. The Morgan fingerprint density at radius 1 is 1.17 bits per heavy atom. The molecule has 1 aliphatic rings. The molecule has 0 fully saturated rings. The topological polar surface area (TPSA) is 65.4 Å². The minimum atomic E-state index is -4.44. The van der Waals surface area contributed by atoms with Crippen LogP contribution in [-0.2, 0) is 6.18 Å². The van der Waals surface area contributed by atoms with Gasteiger partial charge >= 0.3 is 6.18 Å². The van der Waals surface area contributed by atoms with E-state index in [9.17, 15) is 18.0 Å². The van der Waals surface area contributed by atoms with Gasteiger partial charge < -0.3 is 14.8 Å². The normalized spacial score (nSPS) is 13.9. The lowest BCUT2D eigenvalue weighted by atomic mass is 10.1. The molecule has 0 spiro atoms. The Labute approximate surface area is 170 Å². The van der Waals surface area contributed by atoms with E-state index in [0.717, 1.165) is 12.1 Å². The second-order valence-corrected chi connectivity index (χ2v) is 6.91. The van der Waals surface area contributed by atoms with Crippen LogP contribution >= 0.6 is 0 Å². The lowest BCUT2D eigenvalue weighted by Crippen LogP contribution is -2.26. The van der Waals surface area contributed by atoms with E-state index in [1.54, 1.807) is 44.3 Å². The quantitative estimate of drug-likeness (QED) is 0.683. The molecular weight excluding hydrogens is 399 g/mol. The number of alkyl halides is 3. The van der Waals surface area contributed by atoms with E-state index in [4.69, 9.17) is 9.47 Å². The van der Waals surface area contributed by atoms with E-state index in [1.165, 1.54) is 10.7 Å². The highest BCUT2D eigenvalue weighted by molar-refractivity contribution is 5.95. The van der Waals surface area contributed by atoms with Crippen LogP contribution in [0.5, 0.6) is 11.5 Å². The molecule has 1 aromatic heterocycles. The molecule has 0 unspecified atom stereocenters. The van der Waals surface area contributed by atoms with Crippen LogP contribution < -0.4 is 14.8 Å². The molecule has 0 saturated carbocycles. The van der Waals surface area contributed by atoms with Crippen molar-refractivity contribution >= 4 is 5.91 Å². The summed E-state index contributed by atoms with van der Waals surface area (Å²) in [5, 5.41) is 7.10. The number of benzene rings is 2. The van der Waals surface area contributed by atoms with Crippen molar-refractivity contribution in [1.82, 2.24) is 15.1 Å². The molecule has 0 bridgehead atoms. The van der Waals surface area contributed by atoms with Crippen molar-refractivity contribution in [2.45, 2.75) is 26.1 Å². The first-order valence-corrected chi connectivity index (χ1v) is 9.16. The molecule has 0 radical (unpaired) electrons. The number of amides is 1. The molecule has 1 amide bonds. The highest BCUT2D eigenvalue weighted by Crippen LogP contribution is 2.33. The van der Waals surface area contributed by atoms with E-state index in [-0.39, 0.29) is 12.7 Å². The van der Waals surface area contributed by atoms with Gasteiger partial charge in [-0.3, -0.25) is 4.79 Å². The van der Waals surface area contributed by atoms with Crippen molar-refractivity contribution < 1.29 is 27.4 Å². The van der Waals surface area contributed by atoms with Crippen molar-refractivity contribution in [1.29, 1.82) is 0 Å². The summed E-state index contributed by atoms with van der Waals surface area (Å²) in [5.41, 5.74) is 1.28. The molecular formula is C21H18F3N3O3. The number of aromatic nitrogens is 2.